The van der Waals surface area contributed by atoms with Crippen LogP contribution in [0.2, 0.25) is 0 Å². The van der Waals surface area contributed by atoms with Gasteiger partial charge in [0.15, 0.2) is 5.54 Å². The topological polar surface area (TPSA) is 134 Å². The van der Waals surface area contributed by atoms with Crippen LogP contribution in [0.15, 0.2) is 77.6 Å². The molecule has 1 saturated carbocycles. The molecule has 0 atom stereocenters. The minimum atomic E-state index is -0.974. The third kappa shape index (κ3) is 5.52. The molecule has 2 aromatic heterocycles. The molecule has 0 radical (unpaired) electrons. The first kappa shape index (κ1) is 31.3. The number of hydrogen-bond acceptors (Lipinski definition) is 8. The number of carbonyl (C=O) groups excluding carboxylic acids is 2. The van der Waals surface area contributed by atoms with Gasteiger partial charge in [0.1, 0.15) is 5.75 Å². The Hall–Kier alpha value is -5.32. The lowest BCUT2D eigenvalue weighted by atomic mass is 9.77. The normalized spacial score (nSPS) is 18.0. The van der Waals surface area contributed by atoms with Gasteiger partial charge in [-0.25, -0.2) is 14.3 Å². The Kier molecular flexibility index (Phi) is 8.51. The Morgan fingerprint density at radius 1 is 0.958 bits per heavy atom. The first-order chi connectivity index (χ1) is 23.4. The van der Waals surface area contributed by atoms with Gasteiger partial charge in [-0.05, 0) is 91.6 Å². The summed E-state index contributed by atoms with van der Waals surface area (Å²) in [5.74, 6) is 0.0838. The second kappa shape index (κ2) is 13.1. The summed E-state index contributed by atoms with van der Waals surface area (Å²) in [6.07, 6.45) is 5.71. The van der Waals surface area contributed by atoms with E-state index in [1.165, 1.54) is 0 Å². The van der Waals surface area contributed by atoms with Crippen LogP contribution in [0.1, 0.15) is 85.6 Å². The van der Waals surface area contributed by atoms with Crippen LogP contribution in [-0.2, 0) is 27.9 Å². The van der Waals surface area contributed by atoms with Crippen molar-refractivity contribution in [1.29, 1.82) is 0 Å². The number of esters is 2. The third-order valence-electron chi connectivity index (χ3n) is 9.70. The number of benzene rings is 3. The minimum Gasteiger partial charge on any atom is -0.462 e. The Bertz CT molecular complexity index is 1990. The van der Waals surface area contributed by atoms with Gasteiger partial charge in [-0.3, -0.25) is 9.48 Å². The van der Waals surface area contributed by atoms with E-state index in [1.54, 1.807) is 31.2 Å². The van der Waals surface area contributed by atoms with Gasteiger partial charge in [0.25, 0.3) is 5.56 Å². The van der Waals surface area contributed by atoms with Crippen molar-refractivity contribution >= 4 is 11.9 Å². The molecule has 3 aromatic carbocycles. The molecular weight excluding hydrogens is 608 g/mol. The molecule has 8 rings (SSSR count). The number of nitrogens with zero attached hydrogens (tertiary/aromatic N) is 5. The molecule has 1 aliphatic carbocycles. The number of nitrogens with one attached hydrogen (secondary N) is 1. The second-order valence-corrected chi connectivity index (χ2v) is 12.5. The highest BCUT2D eigenvalue weighted by atomic mass is 16.5. The maximum atomic E-state index is 14.3. The van der Waals surface area contributed by atoms with E-state index in [-0.39, 0.29) is 24.2 Å². The fraction of sp³-hybridized carbons (Fsp3) is 0.351. The van der Waals surface area contributed by atoms with E-state index in [4.69, 9.17) is 9.47 Å². The molecule has 1 N–H and O–H groups in total. The van der Waals surface area contributed by atoms with Gasteiger partial charge >= 0.3 is 11.9 Å². The summed E-state index contributed by atoms with van der Waals surface area (Å²) in [5, 5.41) is 14.6. The van der Waals surface area contributed by atoms with E-state index in [9.17, 15) is 14.4 Å². The number of aromatic amines is 1. The lowest BCUT2D eigenvalue weighted by Crippen LogP contribution is -2.56. The van der Waals surface area contributed by atoms with E-state index >= 15 is 0 Å². The van der Waals surface area contributed by atoms with Crippen molar-refractivity contribution in [1.82, 2.24) is 30.0 Å². The number of carbonyl (C=O) groups is 2. The number of hydrogen-bond donors (Lipinski definition) is 1. The number of tetrazole rings is 1. The average Bonchev–Trinajstić information content (AvgIpc) is 3.76. The van der Waals surface area contributed by atoms with Crippen LogP contribution in [0.25, 0.3) is 22.5 Å². The number of rotatable bonds is 11. The average molecular weight is 647 g/mol. The molecule has 0 spiro atoms. The summed E-state index contributed by atoms with van der Waals surface area (Å²) in [4.78, 5) is 40.5. The molecule has 2 aliphatic heterocycles. The summed E-state index contributed by atoms with van der Waals surface area (Å²) < 4.78 is 15.0. The fourth-order valence-electron chi connectivity index (χ4n) is 7.30. The van der Waals surface area contributed by atoms with Gasteiger partial charge in [-0.15, -0.1) is 10.2 Å². The molecule has 0 saturated heterocycles. The maximum absolute atomic E-state index is 14.3. The molecule has 2 bridgehead atoms. The SMILES string of the molecule is CCCCc1c(Cc2ccc(-c3ccccc3-c3nn[nH]n3)cc2)c(=O)n2n1C1(C(=O)Oc3ccc(C(=O)OCC)cc3)CCC2CC1. The molecule has 0 unspecified atom stereocenters. The largest absolute Gasteiger partial charge is 0.462 e. The summed E-state index contributed by atoms with van der Waals surface area (Å²) in [5.41, 5.74) is 4.95. The lowest BCUT2D eigenvalue weighted by Gasteiger charge is -2.47. The summed E-state index contributed by atoms with van der Waals surface area (Å²) >= 11 is 0. The molecule has 11 heteroatoms. The highest BCUT2D eigenvalue weighted by molar-refractivity contribution is 5.89. The van der Waals surface area contributed by atoms with Crippen molar-refractivity contribution in [3.63, 3.8) is 0 Å². The molecule has 11 nitrogen and oxygen atoms in total. The van der Waals surface area contributed by atoms with Gasteiger partial charge in [-0.2, -0.15) is 5.21 Å². The Morgan fingerprint density at radius 2 is 1.69 bits per heavy atom. The van der Waals surface area contributed by atoms with E-state index in [0.29, 0.717) is 42.8 Å². The van der Waals surface area contributed by atoms with Crippen LogP contribution in [0.5, 0.6) is 5.75 Å². The number of unbranched alkanes of at least 4 members (excludes halogenated alkanes) is 1. The Balaban J connectivity index is 1.21. The quantitative estimate of drug-likeness (QED) is 0.136. The Labute approximate surface area is 277 Å². The first-order valence-corrected chi connectivity index (χ1v) is 16.7. The van der Waals surface area contributed by atoms with Crippen molar-refractivity contribution in [2.45, 2.75) is 76.8 Å². The van der Waals surface area contributed by atoms with Crippen LogP contribution in [0, 0.1) is 0 Å². The van der Waals surface area contributed by atoms with Crippen molar-refractivity contribution in [2.24, 2.45) is 0 Å². The standard InChI is InChI=1S/C37H38N6O5/c1-3-5-10-32-31(23-24-11-13-25(14-12-24)29-8-6-7-9-30(29)33-38-40-41-39-33)34(44)42-27-19-21-37(22-20-27,43(32)42)36(46)48-28-17-15-26(16-18-28)35(45)47-4-2/h6-9,11-18,27H,3-5,10,19-23H2,1-2H3,(H,38,39,40,41). The highest BCUT2D eigenvalue weighted by Crippen LogP contribution is 2.47. The number of fused-ring (bicyclic) bond motifs is 2. The van der Waals surface area contributed by atoms with Crippen LogP contribution in [0.4, 0.5) is 0 Å². The van der Waals surface area contributed by atoms with Crippen molar-refractivity contribution in [3.05, 3.63) is 106 Å². The van der Waals surface area contributed by atoms with Gasteiger partial charge in [0.05, 0.1) is 18.2 Å². The third-order valence-corrected chi connectivity index (χ3v) is 9.70. The molecule has 0 amide bonds. The predicted octanol–water partition coefficient (Wildman–Crippen LogP) is 6.04. The van der Waals surface area contributed by atoms with Gasteiger partial charge in [0, 0.05) is 23.2 Å². The van der Waals surface area contributed by atoms with Gasteiger partial charge in [0.2, 0.25) is 5.82 Å². The van der Waals surface area contributed by atoms with Gasteiger partial charge < -0.3 is 9.47 Å². The molecular formula is C37H38N6O5. The first-order valence-electron chi connectivity index (χ1n) is 16.7. The van der Waals surface area contributed by atoms with E-state index in [0.717, 1.165) is 59.2 Å². The zero-order chi connectivity index (χ0) is 33.3. The van der Waals surface area contributed by atoms with Crippen LogP contribution < -0.4 is 10.3 Å². The molecule has 4 heterocycles. The molecule has 3 aliphatic rings. The smallest absolute Gasteiger partial charge is 0.339 e. The van der Waals surface area contributed by atoms with E-state index in [2.05, 4.69) is 51.8 Å². The van der Waals surface area contributed by atoms with Crippen LogP contribution in [-0.4, -0.2) is 48.5 Å². The van der Waals surface area contributed by atoms with Gasteiger partial charge in [-0.1, -0.05) is 61.9 Å². The monoisotopic (exact) mass is 646 g/mol. The molecule has 5 aromatic rings. The maximum Gasteiger partial charge on any atom is 0.339 e. The minimum absolute atomic E-state index is 0.0204. The lowest BCUT2D eigenvalue weighted by molar-refractivity contribution is -0.152. The summed E-state index contributed by atoms with van der Waals surface area (Å²) in [6.45, 7) is 4.17. The molecule has 48 heavy (non-hydrogen) atoms. The number of aromatic nitrogens is 6. The van der Waals surface area contributed by atoms with E-state index < -0.39 is 11.5 Å². The van der Waals surface area contributed by atoms with Crippen LogP contribution in [0.3, 0.4) is 0 Å². The van der Waals surface area contributed by atoms with Crippen molar-refractivity contribution < 1.29 is 19.1 Å². The van der Waals surface area contributed by atoms with E-state index in [1.807, 2.05) is 33.6 Å². The van der Waals surface area contributed by atoms with Crippen LogP contribution >= 0.6 is 0 Å². The zero-order valence-electron chi connectivity index (χ0n) is 27.1. The Morgan fingerprint density at radius 3 is 2.35 bits per heavy atom. The summed E-state index contributed by atoms with van der Waals surface area (Å²) in [6, 6.07) is 22.6. The highest BCUT2D eigenvalue weighted by Gasteiger charge is 2.53. The molecule has 1 fully saturated rings. The fourth-order valence-corrected chi connectivity index (χ4v) is 7.30. The number of H-pyrrole nitrogens is 1. The number of ether oxygens (including phenoxy) is 2. The van der Waals surface area contributed by atoms with Crippen molar-refractivity contribution in [3.8, 4) is 28.3 Å². The molecule has 246 valence electrons. The predicted molar refractivity (Wildman–Crippen MR) is 179 cm³/mol. The zero-order valence-corrected chi connectivity index (χ0v) is 27.1. The summed E-state index contributed by atoms with van der Waals surface area (Å²) in [7, 11) is 0. The second-order valence-electron chi connectivity index (χ2n) is 12.5. The van der Waals surface area contributed by atoms with Crippen molar-refractivity contribution in [2.75, 3.05) is 6.61 Å².